The van der Waals surface area contributed by atoms with Gasteiger partial charge in [-0.1, -0.05) is 70.4 Å². The summed E-state index contributed by atoms with van der Waals surface area (Å²) < 4.78 is 1.04. The van der Waals surface area contributed by atoms with E-state index in [1.165, 1.54) is 77.0 Å². The zero-order chi connectivity index (χ0) is 20.9. The minimum absolute atomic E-state index is 0. The van der Waals surface area contributed by atoms with E-state index < -0.39 is 0 Å². The van der Waals surface area contributed by atoms with Gasteiger partial charge < -0.3 is 33.8 Å². The van der Waals surface area contributed by atoms with Crippen molar-refractivity contribution in [2.24, 2.45) is 0 Å². The van der Waals surface area contributed by atoms with Crippen molar-refractivity contribution in [2.45, 2.75) is 111 Å². The van der Waals surface area contributed by atoms with Crippen molar-refractivity contribution in [1.82, 2.24) is 5.32 Å². The molecule has 0 aliphatic rings. The minimum Gasteiger partial charge on any atom is -1.00 e. The third-order valence-corrected chi connectivity index (χ3v) is 6.17. The number of halogens is 1. The van der Waals surface area contributed by atoms with E-state index in [2.05, 4.69) is 45.3 Å². The second-order valence-electron chi connectivity index (χ2n) is 8.66. The molecule has 0 saturated heterocycles. The standard InChI is InChI=1S/C25H50N2O.HI/c1-5-8-9-10-11-12-13-14-15-16-17-18-19-20-21-22-25(28)26-23-24-27(4,6-2)7-3;/h14-15H,5-13,16-24H2,1-4H3;1H/b15-14-;. The Morgan fingerprint density at radius 1 is 0.759 bits per heavy atom. The maximum atomic E-state index is 11.9. The molecule has 0 aliphatic heterocycles. The van der Waals surface area contributed by atoms with Crippen molar-refractivity contribution >= 4 is 5.91 Å². The van der Waals surface area contributed by atoms with Crippen LogP contribution in [0.25, 0.3) is 0 Å². The molecule has 0 heterocycles. The lowest BCUT2D eigenvalue weighted by molar-refractivity contribution is -0.904. The molecule has 0 atom stereocenters. The normalized spacial score (nSPS) is 11.6. The first-order valence-corrected chi connectivity index (χ1v) is 12.3. The van der Waals surface area contributed by atoms with Gasteiger partial charge in [0.25, 0.3) is 0 Å². The Labute approximate surface area is 200 Å². The summed E-state index contributed by atoms with van der Waals surface area (Å²) in [5.74, 6) is 0.233. The zero-order valence-corrected chi connectivity index (χ0v) is 22.3. The Balaban J connectivity index is 0. The summed E-state index contributed by atoms with van der Waals surface area (Å²) in [5.41, 5.74) is 0. The van der Waals surface area contributed by atoms with E-state index in [-0.39, 0.29) is 29.9 Å². The number of unbranched alkanes of at least 4 members (excludes halogenated alkanes) is 11. The van der Waals surface area contributed by atoms with Gasteiger partial charge in [-0.2, -0.15) is 0 Å². The van der Waals surface area contributed by atoms with E-state index in [1.54, 1.807) is 0 Å². The monoisotopic (exact) mass is 522 g/mol. The van der Waals surface area contributed by atoms with Crippen LogP contribution < -0.4 is 29.3 Å². The number of rotatable bonds is 20. The maximum Gasteiger partial charge on any atom is 0.220 e. The fourth-order valence-electron chi connectivity index (χ4n) is 3.45. The topological polar surface area (TPSA) is 29.1 Å². The lowest BCUT2D eigenvalue weighted by Crippen LogP contribution is -3.00. The van der Waals surface area contributed by atoms with Crippen LogP contribution in [0.3, 0.4) is 0 Å². The third kappa shape index (κ3) is 20.9. The highest BCUT2D eigenvalue weighted by atomic mass is 127. The van der Waals surface area contributed by atoms with Crippen LogP contribution in [0.5, 0.6) is 0 Å². The van der Waals surface area contributed by atoms with Crippen molar-refractivity contribution in [3.05, 3.63) is 12.2 Å². The van der Waals surface area contributed by atoms with Gasteiger partial charge in [-0.25, -0.2) is 0 Å². The van der Waals surface area contributed by atoms with Gasteiger partial charge >= 0.3 is 0 Å². The number of amides is 1. The highest BCUT2D eigenvalue weighted by molar-refractivity contribution is 5.75. The summed E-state index contributed by atoms with van der Waals surface area (Å²) in [5, 5.41) is 3.09. The Morgan fingerprint density at radius 2 is 1.24 bits per heavy atom. The van der Waals surface area contributed by atoms with Crippen LogP contribution >= 0.6 is 0 Å². The number of hydrogen-bond donors (Lipinski definition) is 1. The molecule has 0 aromatic heterocycles. The van der Waals surface area contributed by atoms with Crippen molar-refractivity contribution in [2.75, 3.05) is 33.2 Å². The predicted octanol–water partition coefficient (Wildman–Crippen LogP) is 3.63. The first-order chi connectivity index (χ1) is 13.6. The van der Waals surface area contributed by atoms with E-state index in [1.807, 2.05) is 0 Å². The summed E-state index contributed by atoms with van der Waals surface area (Å²) in [6.07, 6.45) is 22.3. The lowest BCUT2D eigenvalue weighted by atomic mass is 10.1. The molecule has 0 rings (SSSR count). The molecule has 1 amide bonds. The molecule has 0 aliphatic carbocycles. The molecule has 29 heavy (non-hydrogen) atoms. The molecule has 3 nitrogen and oxygen atoms in total. The molecule has 0 saturated carbocycles. The van der Waals surface area contributed by atoms with E-state index in [9.17, 15) is 4.79 Å². The third-order valence-electron chi connectivity index (χ3n) is 6.17. The predicted molar refractivity (Wildman–Crippen MR) is 125 cm³/mol. The summed E-state index contributed by atoms with van der Waals surface area (Å²) in [6, 6.07) is 0. The van der Waals surface area contributed by atoms with Gasteiger partial charge in [0.15, 0.2) is 0 Å². The van der Waals surface area contributed by atoms with Crippen LogP contribution in [-0.4, -0.2) is 43.6 Å². The zero-order valence-electron chi connectivity index (χ0n) is 20.1. The Kier molecular flexibility index (Phi) is 24.2. The fraction of sp³-hybridized carbons (Fsp3) is 0.880. The molecule has 0 aromatic rings. The maximum absolute atomic E-state index is 11.9. The quantitative estimate of drug-likeness (QED) is 0.113. The van der Waals surface area contributed by atoms with Crippen LogP contribution in [0.4, 0.5) is 0 Å². The second-order valence-corrected chi connectivity index (χ2v) is 8.66. The molecule has 174 valence electrons. The molecule has 0 aromatic carbocycles. The van der Waals surface area contributed by atoms with Gasteiger partial charge in [-0.3, -0.25) is 4.79 Å². The van der Waals surface area contributed by atoms with E-state index >= 15 is 0 Å². The minimum atomic E-state index is 0. The van der Waals surface area contributed by atoms with Gasteiger partial charge in [0.1, 0.15) is 0 Å². The number of carbonyl (C=O) groups excluding carboxylic acids is 1. The number of carbonyl (C=O) groups is 1. The average molecular weight is 523 g/mol. The van der Waals surface area contributed by atoms with Crippen molar-refractivity contribution < 1.29 is 33.3 Å². The van der Waals surface area contributed by atoms with Crippen LogP contribution in [0.1, 0.15) is 111 Å². The number of hydrogen-bond acceptors (Lipinski definition) is 1. The average Bonchev–Trinajstić information content (AvgIpc) is 2.70. The molecule has 0 radical (unpaired) electrons. The molecule has 0 spiro atoms. The summed E-state index contributed by atoms with van der Waals surface area (Å²) in [7, 11) is 2.26. The van der Waals surface area contributed by atoms with Crippen LogP contribution in [-0.2, 0) is 4.79 Å². The first kappa shape index (κ1) is 31.1. The summed E-state index contributed by atoms with van der Waals surface area (Å²) in [4.78, 5) is 11.9. The number of likely N-dealkylation sites (N-methyl/N-ethyl adjacent to an activating group) is 1. The Bertz CT molecular complexity index is 381. The van der Waals surface area contributed by atoms with Gasteiger partial charge in [-0.05, 0) is 46.0 Å². The number of nitrogens with zero attached hydrogens (tertiary/aromatic N) is 1. The van der Waals surface area contributed by atoms with Gasteiger partial charge in [0, 0.05) is 6.42 Å². The second kappa shape index (κ2) is 22.6. The van der Waals surface area contributed by atoms with E-state index in [4.69, 9.17) is 0 Å². The van der Waals surface area contributed by atoms with Crippen molar-refractivity contribution in [1.29, 1.82) is 0 Å². The van der Waals surface area contributed by atoms with Gasteiger partial charge in [0.2, 0.25) is 5.91 Å². The van der Waals surface area contributed by atoms with Crippen LogP contribution in [0, 0.1) is 0 Å². The molecule has 1 N–H and O–H groups in total. The number of allylic oxidation sites excluding steroid dienone is 2. The molecule has 0 bridgehead atoms. The summed E-state index contributed by atoms with van der Waals surface area (Å²) >= 11 is 0. The highest BCUT2D eigenvalue weighted by Gasteiger charge is 2.15. The molecular formula is C25H51IN2O. The number of nitrogens with one attached hydrogen (secondary N) is 1. The van der Waals surface area contributed by atoms with Crippen molar-refractivity contribution in [3.63, 3.8) is 0 Å². The largest absolute Gasteiger partial charge is 1.00 e. The van der Waals surface area contributed by atoms with Crippen molar-refractivity contribution in [3.8, 4) is 0 Å². The highest BCUT2D eigenvalue weighted by Crippen LogP contribution is 2.10. The molecular weight excluding hydrogens is 471 g/mol. The fourth-order valence-corrected chi connectivity index (χ4v) is 3.45. The lowest BCUT2D eigenvalue weighted by Gasteiger charge is -2.32. The van der Waals surface area contributed by atoms with Crippen LogP contribution in [0.2, 0.25) is 0 Å². The smallest absolute Gasteiger partial charge is 0.220 e. The molecule has 0 fully saturated rings. The summed E-state index contributed by atoms with van der Waals surface area (Å²) in [6.45, 7) is 10.8. The van der Waals surface area contributed by atoms with Gasteiger partial charge in [-0.15, -0.1) is 0 Å². The van der Waals surface area contributed by atoms with E-state index in [0.29, 0.717) is 6.42 Å². The Hall–Kier alpha value is -0.100. The van der Waals surface area contributed by atoms with E-state index in [0.717, 1.165) is 37.1 Å². The van der Waals surface area contributed by atoms with Crippen LogP contribution in [0.15, 0.2) is 12.2 Å². The Morgan fingerprint density at radius 3 is 1.76 bits per heavy atom. The first-order valence-electron chi connectivity index (χ1n) is 12.3. The number of quaternary nitrogens is 1. The molecule has 4 heteroatoms. The van der Waals surface area contributed by atoms with Gasteiger partial charge in [0.05, 0.1) is 33.2 Å². The molecule has 0 unspecified atom stereocenters. The SMILES string of the molecule is CCCCCCCC/C=C\CCCCCCCC(=O)NCC[N+](C)(CC)CC.[I-].